The first-order valence-corrected chi connectivity index (χ1v) is 3.28. The summed E-state index contributed by atoms with van der Waals surface area (Å²) in [6, 6.07) is 0. The van der Waals surface area contributed by atoms with Crippen molar-refractivity contribution >= 4 is 6.16 Å². The molecule has 0 saturated carbocycles. The summed E-state index contributed by atoms with van der Waals surface area (Å²) in [5, 5.41) is 8.02. The van der Waals surface area contributed by atoms with E-state index in [9.17, 15) is 4.79 Å². The van der Waals surface area contributed by atoms with E-state index in [0.717, 1.165) is 6.42 Å². The van der Waals surface area contributed by atoms with Gasteiger partial charge in [0.15, 0.2) is 0 Å². The summed E-state index contributed by atoms with van der Waals surface area (Å²) in [5.74, 6) is 0. The number of ether oxygens (including phenoxy) is 1. The Bertz CT molecular complexity index is 118. The highest BCUT2D eigenvalue weighted by Crippen LogP contribution is 1.87. The second-order valence-corrected chi connectivity index (χ2v) is 1.78. The van der Waals surface area contributed by atoms with Crippen LogP contribution < -0.4 is 0 Å². The maximum atomic E-state index is 9.79. The van der Waals surface area contributed by atoms with Crippen LogP contribution in [0.15, 0.2) is 12.2 Å². The summed E-state index contributed by atoms with van der Waals surface area (Å²) in [6.07, 6.45) is 4.33. The molecule has 0 heterocycles. The molecule has 58 valence electrons. The molecular formula is C7H12O3. The third-order valence-corrected chi connectivity index (χ3v) is 0.912. The van der Waals surface area contributed by atoms with Crippen LogP contribution in [0.3, 0.4) is 0 Å². The quantitative estimate of drug-likeness (QED) is 0.373. The molecule has 0 amide bonds. The Morgan fingerprint density at radius 2 is 2.30 bits per heavy atom. The van der Waals surface area contributed by atoms with Crippen LogP contribution >= 0.6 is 0 Å². The van der Waals surface area contributed by atoms with Gasteiger partial charge in [-0.05, 0) is 12.8 Å². The van der Waals surface area contributed by atoms with Crippen LogP contribution in [0.4, 0.5) is 4.79 Å². The zero-order valence-corrected chi connectivity index (χ0v) is 6.04. The van der Waals surface area contributed by atoms with Crippen molar-refractivity contribution in [1.82, 2.24) is 0 Å². The summed E-state index contributed by atoms with van der Waals surface area (Å²) in [6.45, 7) is 2.28. The highest BCUT2D eigenvalue weighted by atomic mass is 16.7. The molecule has 0 aromatic heterocycles. The number of hydrogen-bond donors (Lipinski definition) is 1. The van der Waals surface area contributed by atoms with Gasteiger partial charge in [0.1, 0.15) is 0 Å². The Morgan fingerprint density at radius 3 is 2.80 bits per heavy atom. The number of allylic oxidation sites excluding steroid dienone is 1. The van der Waals surface area contributed by atoms with Gasteiger partial charge in [0.25, 0.3) is 0 Å². The molecule has 0 spiro atoms. The van der Waals surface area contributed by atoms with E-state index in [1.165, 1.54) is 0 Å². The molecule has 3 nitrogen and oxygen atoms in total. The molecule has 0 saturated heterocycles. The molecule has 0 atom stereocenters. The average molecular weight is 144 g/mol. The molecule has 0 unspecified atom stereocenters. The van der Waals surface area contributed by atoms with Crippen molar-refractivity contribution in [3.63, 3.8) is 0 Å². The summed E-state index contributed by atoms with van der Waals surface area (Å²) in [5.41, 5.74) is 0. The molecule has 0 aliphatic rings. The van der Waals surface area contributed by atoms with Crippen molar-refractivity contribution in [3.05, 3.63) is 12.2 Å². The van der Waals surface area contributed by atoms with Crippen LogP contribution in [0, 0.1) is 0 Å². The van der Waals surface area contributed by atoms with Gasteiger partial charge in [-0.25, -0.2) is 4.79 Å². The largest absolute Gasteiger partial charge is 0.505 e. The SMILES string of the molecule is CCC=CCCOC(=O)O. The molecule has 10 heavy (non-hydrogen) atoms. The molecule has 3 heteroatoms. The van der Waals surface area contributed by atoms with E-state index >= 15 is 0 Å². The van der Waals surface area contributed by atoms with E-state index < -0.39 is 6.16 Å². The smallest absolute Gasteiger partial charge is 0.450 e. The summed E-state index contributed by atoms with van der Waals surface area (Å²) < 4.78 is 4.25. The first-order chi connectivity index (χ1) is 4.77. The van der Waals surface area contributed by atoms with Crippen molar-refractivity contribution in [1.29, 1.82) is 0 Å². The van der Waals surface area contributed by atoms with Gasteiger partial charge < -0.3 is 9.84 Å². The topological polar surface area (TPSA) is 46.5 Å². The minimum absolute atomic E-state index is 0.256. The number of carboxylic acid groups (broad SMARTS) is 1. The predicted molar refractivity (Wildman–Crippen MR) is 38.0 cm³/mol. The zero-order valence-electron chi connectivity index (χ0n) is 6.04. The van der Waals surface area contributed by atoms with Crippen molar-refractivity contribution in [2.75, 3.05) is 6.61 Å². The van der Waals surface area contributed by atoms with Gasteiger partial charge in [-0.1, -0.05) is 19.1 Å². The Morgan fingerprint density at radius 1 is 1.60 bits per heavy atom. The van der Waals surface area contributed by atoms with Crippen molar-refractivity contribution in [3.8, 4) is 0 Å². The Balaban J connectivity index is 3.05. The van der Waals surface area contributed by atoms with Gasteiger partial charge in [-0.15, -0.1) is 0 Å². The average Bonchev–Trinajstić information content (AvgIpc) is 1.87. The Kier molecular flexibility index (Phi) is 5.53. The van der Waals surface area contributed by atoms with Gasteiger partial charge >= 0.3 is 6.16 Å². The van der Waals surface area contributed by atoms with Crippen molar-refractivity contribution < 1.29 is 14.6 Å². The highest BCUT2D eigenvalue weighted by Gasteiger charge is 1.91. The first kappa shape index (κ1) is 9.01. The van der Waals surface area contributed by atoms with E-state index in [1.807, 2.05) is 19.1 Å². The molecule has 0 fully saturated rings. The van der Waals surface area contributed by atoms with Crippen LogP contribution in [0.2, 0.25) is 0 Å². The van der Waals surface area contributed by atoms with Crippen LogP contribution in [0.25, 0.3) is 0 Å². The lowest BCUT2D eigenvalue weighted by molar-refractivity contribution is 0.0933. The van der Waals surface area contributed by atoms with Crippen LogP contribution in [0.1, 0.15) is 19.8 Å². The van der Waals surface area contributed by atoms with Crippen LogP contribution in [-0.2, 0) is 4.74 Å². The zero-order chi connectivity index (χ0) is 7.82. The predicted octanol–water partition coefficient (Wildman–Crippen LogP) is 2.04. The standard InChI is InChI=1S/C7H12O3/c1-2-3-4-5-6-10-7(8)9/h3-4H,2,5-6H2,1H3,(H,8,9). The molecule has 0 aromatic carbocycles. The number of hydrogen-bond acceptors (Lipinski definition) is 2. The van der Waals surface area contributed by atoms with Gasteiger partial charge in [-0.3, -0.25) is 0 Å². The molecule has 0 bridgehead atoms. The maximum absolute atomic E-state index is 9.79. The minimum Gasteiger partial charge on any atom is -0.450 e. The van der Waals surface area contributed by atoms with Crippen LogP contribution in [-0.4, -0.2) is 17.9 Å². The molecule has 1 N–H and O–H groups in total. The lowest BCUT2D eigenvalue weighted by Gasteiger charge is -1.93. The molecule has 0 aromatic rings. The van der Waals surface area contributed by atoms with E-state index in [1.54, 1.807) is 0 Å². The summed E-state index contributed by atoms with van der Waals surface area (Å²) >= 11 is 0. The van der Waals surface area contributed by atoms with Gasteiger partial charge in [-0.2, -0.15) is 0 Å². The molecular weight excluding hydrogens is 132 g/mol. The molecule has 0 rings (SSSR count). The first-order valence-electron chi connectivity index (χ1n) is 3.28. The van der Waals surface area contributed by atoms with E-state index in [-0.39, 0.29) is 6.61 Å². The summed E-state index contributed by atoms with van der Waals surface area (Å²) in [4.78, 5) is 9.79. The van der Waals surface area contributed by atoms with Gasteiger partial charge in [0.2, 0.25) is 0 Å². The van der Waals surface area contributed by atoms with Crippen molar-refractivity contribution in [2.24, 2.45) is 0 Å². The Hall–Kier alpha value is -0.990. The second-order valence-electron chi connectivity index (χ2n) is 1.78. The minimum atomic E-state index is -1.20. The van der Waals surface area contributed by atoms with E-state index in [0.29, 0.717) is 6.42 Å². The van der Waals surface area contributed by atoms with Gasteiger partial charge in [0.05, 0.1) is 6.61 Å². The highest BCUT2D eigenvalue weighted by molar-refractivity contribution is 5.56. The summed E-state index contributed by atoms with van der Waals surface area (Å²) in [7, 11) is 0. The monoisotopic (exact) mass is 144 g/mol. The molecule has 0 radical (unpaired) electrons. The number of carbonyl (C=O) groups is 1. The Labute approximate surface area is 60.3 Å². The second kappa shape index (κ2) is 6.13. The lowest BCUT2D eigenvalue weighted by Crippen LogP contribution is -2.00. The molecule has 0 aliphatic carbocycles. The lowest BCUT2D eigenvalue weighted by atomic mass is 10.3. The van der Waals surface area contributed by atoms with E-state index in [4.69, 9.17) is 5.11 Å². The number of rotatable bonds is 4. The van der Waals surface area contributed by atoms with Crippen molar-refractivity contribution in [2.45, 2.75) is 19.8 Å². The third-order valence-electron chi connectivity index (χ3n) is 0.912. The molecule has 0 aliphatic heterocycles. The fourth-order valence-electron chi connectivity index (χ4n) is 0.499. The van der Waals surface area contributed by atoms with E-state index in [2.05, 4.69) is 4.74 Å². The maximum Gasteiger partial charge on any atom is 0.505 e. The fraction of sp³-hybridized carbons (Fsp3) is 0.571. The van der Waals surface area contributed by atoms with Crippen LogP contribution in [0.5, 0.6) is 0 Å². The van der Waals surface area contributed by atoms with Gasteiger partial charge in [0, 0.05) is 0 Å². The normalized spacial score (nSPS) is 10.1. The fourth-order valence-corrected chi connectivity index (χ4v) is 0.499. The third kappa shape index (κ3) is 7.01.